The third-order valence-electron chi connectivity index (χ3n) is 5.77. The van der Waals surface area contributed by atoms with Gasteiger partial charge in [-0.1, -0.05) is 35.9 Å². The topological polar surface area (TPSA) is 51.9 Å². The Hall–Kier alpha value is -3.28. The normalized spacial score (nSPS) is 13.6. The summed E-state index contributed by atoms with van der Waals surface area (Å²) in [5.74, 6) is 1.55. The zero-order valence-electron chi connectivity index (χ0n) is 17.9. The van der Waals surface area contributed by atoms with Crippen LogP contribution in [-0.2, 0) is 13.1 Å². The van der Waals surface area contributed by atoms with Crippen molar-refractivity contribution in [3.8, 4) is 22.6 Å². The highest BCUT2D eigenvalue weighted by Gasteiger charge is 2.23. The van der Waals surface area contributed by atoms with E-state index >= 15 is 0 Å². The van der Waals surface area contributed by atoms with Crippen LogP contribution in [0.4, 0.5) is 0 Å². The lowest BCUT2D eigenvalue weighted by Gasteiger charge is -2.30. The average molecular weight is 448 g/mol. The Morgan fingerprint density at radius 3 is 2.66 bits per heavy atom. The summed E-state index contributed by atoms with van der Waals surface area (Å²) >= 11 is 6.14. The van der Waals surface area contributed by atoms with E-state index in [1.165, 1.54) is 0 Å². The van der Waals surface area contributed by atoms with E-state index in [0.717, 1.165) is 62.8 Å². The average Bonchev–Trinajstić information content (AvgIpc) is 2.79. The predicted octanol–water partition coefficient (Wildman–Crippen LogP) is 5.78. The molecule has 0 aliphatic carbocycles. The largest absolute Gasteiger partial charge is 0.497 e. The van der Waals surface area contributed by atoms with Crippen molar-refractivity contribution in [2.24, 2.45) is 0 Å². The van der Waals surface area contributed by atoms with E-state index in [2.05, 4.69) is 17.0 Å². The highest BCUT2D eigenvalue weighted by Crippen LogP contribution is 2.38. The van der Waals surface area contributed by atoms with E-state index in [1.54, 1.807) is 13.2 Å². The first-order chi connectivity index (χ1) is 15.5. The zero-order valence-corrected chi connectivity index (χ0v) is 18.6. The van der Waals surface area contributed by atoms with Crippen molar-refractivity contribution < 1.29 is 13.9 Å². The van der Waals surface area contributed by atoms with Crippen molar-refractivity contribution >= 4 is 22.6 Å². The molecule has 0 saturated carbocycles. The van der Waals surface area contributed by atoms with Gasteiger partial charge in [-0.05, 0) is 53.9 Å². The van der Waals surface area contributed by atoms with Crippen LogP contribution in [0.15, 0.2) is 69.9 Å². The summed E-state index contributed by atoms with van der Waals surface area (Å²) in [4.78, 5) is 14.6. The molecule has 1 aliphatic rings. The van der Waals surface area contributed by atoms with Crippen molar-refractivity contribution in [2.45, 2.75) is 20.0 Å². The van der Waals surface area contributed by atoms with Crippen molar-refractivity contribution in [3.63, 3.8) is 0 Å². The zero-order chi connectivity index (χ0) is 22.2. The molecule has 2 heterocycles. The molecule has 1 aromatic heterocycles. The molecule has 4 aromatic rings. The molecule has 0 spiro atoms. The fourth-order valence-electron chi connectivity index (χ4n) is 4.27. The minimum Gasteiger partial charge on any atom is -0.497 e. The third kappa shape index (κ3) is 3.85. The quantitative estimate of drug-likeness (QED) is 0.371. The maximum atomic E-state index is 12.4. The Morgan fingerprint density at radius 1 is 1.09 bits per heavy atom. The molecule has 5 rings (SSSR count). The molecule has 6 heteroatoms. The number of rotatable bonds is 4. The number of hydrogen-bond donors (Lipinski definition) is 0. The minimum absolute atomic E-state index is 0.384. The number of nitrogens with zero attached hydrogens (tertiary/aromatic N) is 1. The summed E-state index contributed by atoms with van der Waals surface area (Å²) in [6.07, 6.45) is 0. The first-order valence-electron chi connectivity index (χ1n) is 10.4. The van der Waals surface area contributed by atoms with Gasteiger partial charge in [0.25, 0.3) is 0 Å². The van der Waals surface area contributed by atoms with Crippen LogP contribution in [0.25, 0.3) is 22.1 Å². The molecule has 162 valence electrons. The number of hydrogen-bond acceptors (Lipinski definition) is 5. The van der Waals surface area contributed by atoms with Gasteiger partial charge in [-0.15, -0.1) is 0 Å². The van der Waals surface area contributed by atoms with Crippen LogP contribution in [0, 0.1) is 6.92 Å². The van der Waals surface area contributed by atoms with E-state index in [4.69, 9.17) is 25.5 Å². The Bertz CT molecular complexity index is 1360. The molecule has 0 bridgehead atoms. The highest BCUT2D eigenvalue weighted by molar-refractivity contribution is 6.30. The molecule has 0 radical (unpaired) electrons. The van der Waals surface area contributed by atoms with Crippen LogP contribution in [0.2, 0.25) is 5.02 Å². The van der Waals surface area contributed by atoms with Gasteiger partial charge in [-0.3, -0.25) is 4.90 Å². The van der Waals surface area contributed by atoms with Gasteiger partial charge in [0.05, 0.1) is 7.11 Å². The number of ether oxygens (including phenoxy) is 2. The smallest absolute Gasteiger partial charge is 0.336 e. The van der Waals surface area contributed by atoms with Gasteiger partial charge in [-0.2, -0.15) is 0 Å². The summed E-state index contributed by atoms with van der Waals surface area (Å²) < 4.78 is 17.0. The molecule has 32 heavy (non-hydrogen) atoms. The van der Waals surface area contributed by atoms with Gasteiger partial charge >= 0.3 is 5.63 Å². The summed E-state index contributed by atoms with van der Waals surface area (Å²) in [6.45, 7) is 3.84. The Kier molecular flexibility index (Phi) is 5.37. The molecule has 0 amide bonds. The second-order valence-corrected chi connectivity index (χ2v) is 8.40. The van der Waals surface area contributed by atoms with Crippen LogP contribution >= 0.6 is 11.6 Å². The Balaban J connectivity index is 1.57. The SMILES string of the molecule is COc1ccc(-c2cc(=O)oc3c(C)c4c(cc23)CN(Cc2cccc(Cl)c2)CO4)cc1. The first kappa shape index (κ1) is 20.6. The van der Waals surface area contributed by atoms with Crippen LogP contribution in [-0.4, -0.2) is 18.7 Å². The van der Waals surface area contributed by atoms with E-state index < -0.39 is 0 Å². The van der Waals surface area contributed by atoms with Crippen molar-refractivity contribution in [1.82, 2.24) is 4.90 Å². The van der Waals surface area contributed by atoms with Gasteiger partial charge in [-0.25, -0.2) is 4.79 Å². The number of fused-ring (bicyclic) bond motifs is 2. The Labute approximate surface area is 190 Å². The van der Waals surface area contributed by atoms with E-state index in [1.807, 2.05) is 49.4 Å². The van der Waals surface area contributed by atoms with Gasteiger partial charge < -0.3 is 13.9 Å². The fraction of sp³-hybridized carbons (Fsp3) is 0.192. The number of halogens is 1. The maximum absolute atomic E-state index is 12.4. The van der Waals surface area contributed by atoms with E-state index in [-0.39, 0.29) is 5.63 Å². The summed E-state index contributed by atoms with van der Waals surface area (Å²) in [5.41, 5.74) is 4.97. The lowest BCUT2D eigenvalue weighted by molar-refractivity contribution is 0.0881. The molecular weight excluding hydrogens is 426 g/mol. The molecule has 5 nitrogen and oxygen atoms in total. The number of aryl methyl sites for hydroxylation is 1. The molecule has 0 atom stereocenters. The van der Waals surface area contributed by atoms with Crippen LogP contribution in [0.3, 0.4) is 0 Å². The van der Waals surface area contributed by atoms with Gasteiger partial charge in [0.1, 0.15) is 23.8 Å². The molecule has 0 fully saturated rings. The third-order valence-corrected chi connectivity index (χ3v) is 6.01. The first-order valence-corrected chi connectivity index (χ1v) is 10.7. The monoisotopic (exact) mass is 447 g/mol. The van der Waals surface area contributed by atoms with Crippen LogP contribution in [0.1, 0.15) is 16.7 Å². The number of benzene rings is 3. The second-order valence-electron chi connectivity index (χ2n) is 7.96. The van der Waals surface area contributed by atoms with Gasteiger partial charge in [0.15, 0.2) is 0 Å². The standard InChI is InChI=1S/C26H22ClNO4/c1-16-25-19(14-28(15-31-25)13-17-4-3-5-20(27)10-17)11-23-22(12-24(29)32-26(16)23)18-6-8-21(30-2)9-7-18/h3-12H,13-15H2,1-2H3. The molecule has 0 saturated heterocycles. The summed E-state index contributed by atoms with van der Waals surface area (Å²) in [5, 5.41) is 1.61. The van der Waals surface area contributed by atoms with E-state index in [9.17, 15) is 4.79 Å². The Morgan fingerprint density at radius 2 is 1.91 bits per heavy atom. The number of methoxy groups -OCH3 is 1. The fourth-order valence-corrected chi connectivity index (χ4v) is 4.49. The lowest BCUT2D eigenvalue weighted by Crippen LogP contribution is -2.31. The summed E-state index contributed by atoms with van der Waals surface area (Å²) in [6, 6.07) is 19.1. The second kappa shape index (κ2) is 8.34. The summed E-state index contributed by atoms with van der Waals surface area (Å²) in [7, 11) is 1.63. The van der Waals surface area contributed by atoms with Crippen molar-refractivity contribution in [2.75, 3.05) is 13.8 Å². The van der Waals surface area contributed by atoms with Crippen molar-refractivity contribution in [3.05, 3.63) is 92.8 Å². The molecule has 0 N–H and O–H groups in total. The molecule has 3 aromatic carbocycles. The van der Waals surface area contributed by atoms with Gasteiger partial charge in [0.2, 0.25) is 0 Å². The van der Waals surface area contributed by atoms with Crippen LogP contribution in [0.5, 0.6) is 11.5 Å². The van der Waals surface area contributed by atoms with Gasteiger partial charge in [0, 0.05) is 40.7 Å². The molecule has 0 unspecified atom stereocenters. The highest BCUT2D eigenvalue weighted by atomic mass is 35.5. The molecule has 1 aliphatic heterocycles. The predicted molar refractivity (Wildman–Crippen MR) is 125 cm³/mol. The minimum atomic E-state index is -0.384. The van der Waals surface area contributed by atoms with Crippen LogP contribution < -0.4 is 15.1 Å². The maximum Gasteiger partial charge on any atom is 0.336 e. The molecular formula is C26H22ClNO4. The van der Waals surface area contributed by atoms with Crippen molar-refractivity contribution in [1.29, 1.82) is 0 Å². The van der Waals surface area contributed by atoms with E-state index in [0.29, 0.717) is 12.3 Å². The lowest BCUT2D eigenvalue weighted by atomic mass is 9.96.